The lowest BCUT2D eigenvalue weighted by molar-refractivity contribution is -0.148. The van der Waals surface area contributed by atoms with Crippen molar-refractivity contribution in [1.29, 1.82) is 0 Å². The van der Waals surface area contributed by atoms with Crippen molar-refractivity contribution < 1.29 is 19.4 Å². The Morgan fingerprint density at radius 1 is 1.26 bits per heavy atom. The Bertz CT molecular complexity index is 525. The summed E-state index contributed by atoms with van der Waals surface area (Å²) in [6.45, 7) is 3.29. The Balaban J connectivity index is 2.02. The van der Waals surface area contributed by atoms with E-state index < -0.39 is 11.5 Å². The zero-order valence-electron chi connectivity index (χ0n) is 13.6. The summed E-state index contributed by atoms with van der Waals surface area (Å²) >= 11 is 0. The topological polar surface area (TPSA) is 75.6 Å². The largest absolute Gasteiger partial charge is 0.479 e. The van der Waals surface area contributed by atoms with Gasteiger partial charge < -0.3 is 15.2 Å². The third-order valence-electron chi connectivity index (χ3n) is 4.64. The van der Waals surface area contributed by atoms with E-state index in [9.17, 15) is 14.7 Å². The van der Waals surface area contributed by atoms with Gasteiger partial charge in [0.05, 0.1) is 0 Å². The molecule has 0 saturated carbocycles. The minimum atomic E-state index is -1.35. The van der Waals surface area contributed by atoms with Crippen molar-refractivity contribution >= 4 is 11.9 Å². The quantitative estimate of drug-likeness (QED) is 0.810. The molecule has 0 spiro atoms. The molecule has 2 N–H and O–H groups in total. The van der Waals surface area contributed by atoms with Gasteiger partial charge in [0.25, 0.3) is 0 Å². The van der Waals surface area contributed by atoms with Crippen LogP contribution in [0.5, 0.6) is 0 Å². The average Bonchev–Trinajstić information content (AvgIpc) is 2.59. The molecule has 1 unspecified atom stereocenters. The van der Waals surface area contributed by atoms with Crippen molar-refractivity contribution in [1.82, 2.24) is 5.32 Å². The first-order chi connectivity index (χ1) is 11.1. The molecule has 1 heterocycles. The van der Waals surface area contributed by atoms with Crippen LogP contribution in [0.25, 0.3) is 0 Å². The smallest absolute Gasteiger partial charge is 0.334 e. The van der Waals surface area contributed by atoms with Gasteiger partial charge in [-0.15, -0.1) is 0 Å². The Morgan fingerprint density at radius 3 is 2.48 bits per heavy atom. The van der Waals surface area contributed by atoms with E-state index in [1.807, 2.05) is 6.07 Å². The Morgan fingerprint density at radius 2 is 1.91 bits per heavy atom. The van der Waals surface area contributed by atoms with Crippen LogP contribution in [0.2, 0.25) is 0 Å². The van der Waals surface area contributed by atoms with E-state index >= 15 is 0 Å². The van der Waals surface area contributed by atoms with Crippen LogP contribution in [0.3, 0.4) is 0 Å². The second-order valence-corrected chi connectivity index (χ2v) is 6.07. The third kappa shape index (κ3) is 4.32. The monoisotopic (exact) mass is 319 g/mol. The van der Waals surface area contributed by atoms with Gasteiger partial charge in [0.2, 0.25) is 5.91 Å². The van der Waals surface area contributed by atoms with E-state index in [0.717, 1.165) is 32.5 Å². The zero-order chi connectivity index (χ0) is 16.7. The molecule has 1 amide bonds. The number of carbonyl (C=O) groups is 2. The molecule has 0 aliphatic carbocycles. The molecule has 1 aliphatic heterocycles. The van der Waals surface area contributed by atoms with Crippen LogP contribution in [0.15, 0.2) is 30.3 Å². The molecular weight excluding hydrogens is 294 g/mol. The molecular formula is C18H25NO4. The van der Waals surface area contributed by atoms with Gasteiger partial charge in [0.1, 0.15) is 0 Å². The molecule has 1 saturated heterocycles. The fourth-order valence-electron chi connectivity index (χ4n) is 3.09. The van der Waals surface area contributed by atoms with Gasteiger partial charge in [-0.2, -0.15) is 0 Å². The summed E-state index contributed by atoms with van der Waals surface area (Å²) in [6, 6.07) is 8.90. The molecule has 1 aromatic carbocycles. The summed E-state index contributed by atoms with van der Waals surface area (Å²) in [5.41, 5.74) is -0.747. The summed E-state index contributed by atoms with van der Waals surface area (Å²) < 4.78 is 5.32. The van der Waals surface area contributed by atoms with E-state index in [4.69, 9.17) is 4.74 Å². The van der Waals surface area contributed by atoms with Crippen molar-refractivity contribution in [2.24, 2.45) is 5.92 Å². The van der Waals surface area contributed by atoms with Gasteiger partial charge in [-0.3, -0.25) is 4.79 Å². The number of nitrogens with one attached hydrogen (secondary N) is 1. The van der Waals surface area contributed by atoms with E-state index in [-0.39, 0.29) is 5.91 Å². The number of hydrogen-bond donors (Lipinski definition) is 2. The van der Waals surface area contributed by atoms with Gasteiger partial charge in [-0.25, -0.2) is 4.79 Å². The molecule has 0 radical (unpaired) electrons. The van der Waals surface area contributed by atoms with Gasteiger partial charge in [-0.1, -0.05) is 37.3 Å². The maximum atomic E-state index is 12.3. The van der Waals surface area contributed by atoms with Crippen molar-refractivity contribution in [3.63, 3.8) is 0 Å². The number of carbonyl (C=O) groups excluding carboxylic acids is 1. The van der Waals surface area contributed by atoms with Crippen LogP contribution in [0, 0.1) is 5.92 Å². The average molecular weight is 319 g/mol. The lowest BCUT2D eigenvalue weighted by atomic mass is 9.86. The molecule has 1 aromatic rings. The first-order valence-electron chi connectivity index (χ1n) is 8.26. The Kier molecular flexibility index (Phi) is 6.16. The van der Waals surface area contributed by atoms with Crippen LogP contribution in [0.1, 0.15) is 44.6 Å². The lowest BCUT2D eigenvalue weighted by Crippen LogP contribution is -2.51. The van der Waals surface area contributed by atoms with E-state index in [2.05, 4.69) is 5.32 Å². The highest BCUT2D eigenvalue weighted by Gasteiger charge is 2.40. The highest BCUT2D eigenvalue weighted by atomic mass is 16.5. The maximum absolute atomic E-state index is 12.3. The summed E-state index contributed by atoms with van der Waals surface area (Å²) in [5, 5.41) is 12.5. The molecule has 23 heavy (non-hydrogen) atoms. The molecule has 5 heteroatoms. The van der Waals surface area contributed by atoms with Gasteiger partial charge in [0.15, 0.2) is 5.54 Å². The van der Waals surface area contributed by atoms with Gasteiger partial charge in [-0.05, 0) is 37.2 Å². The second kappa shape index (κ2) is 8.11. The fraction of sp³-hybridized carbons (Fsp3) is 0.556. The minimum Gasteiger partial charge on any atom is -0.479 e. The van der Waals surface area contributed by atoms with Gasteiger partial charge >= 0.3 is 5.97 Å². The zero-order valence-corrected chi connectivity index (χ0v) is 13.6. The maximum Gasteiger partial charge on any atom is 0.334 e. The molecule has 5 nitrogen and oxygen atoms in total. The normalized spacial score (nSPS) is 18.1. The van der Waals surface area contributed by atoms with E-state index in [1.54, 1.807) is 31.2 Å². The Hall–Kier alpha value is -1.88. The van der Waals surface area contributed by atoms with Crippen LogP contribution in [-0.2, 0) is 19.9 Å². The van der Waals surface area contributed by atoms with Crippen LogP contribution in [0.4, 0.5) is 0 Å². The molecule has 2 rings (SSSR count). The van der Waals surface area contributed by atoms with Crippen LogP contribution < -0.4 is 5.32 Å². The summed E-state index contributed by atoms with van der Waals surface area (Å²) in [7, 11) is 0. The first-order valence-corrected chi connectivity index (χ1v) is 8.26. The van der Waals surface area contributed by atoms with Crippen molar-refractivity contribution in [2.75, 3.05) is 13.2 Å². The summed E-state index contributed by atoms with van der Waals surface area (Å²) in [6.07, 6.45) is 3.39. The number of carboxylic acid groups (broad SMARTS) is 1. The number of hydrogen-bond acceptors (Lipinski definition) is 3. The standard InChI is InChI=1S/C18H25NO4/c1-2-18(17(21)22,15-6-4-3-5-7-15)19-16(20)9-8-14-10-12-23-13-11-14/h3-7,14H,2,8-13H2,1H3,(H,19,20)(H,21,22). The predicted octanol–water partition coefficient (Wildman–Crippen LogP) is 2.70. The molecule has 1 atom stereocenters. The first kappa shape index (κ1) is 17.5. The number of rotatable bonds is 7. The number of benzene rings is 1. The van der Waals surface area contributed by atoms with E-state index in [1.165, 1.54) is 0 Å². The molecule has 126 valence electrons. The Labute approximate surface area is 137 Å². The molecule has 0 aromatic heterocycles. The summed E-state index contributed by atoms with van der Waals surface area (Å²) in [4.78, 5) is 24.2. The number of aliphatic carboxylic acids is 1. The molecule has 0 bridgehead atoms. The number of carboxylic acids is 1. The molecule has 1 aliphatic rings. The van der Waals surface area contributed by atoms with Gasteiger partial charge in [0, 0.05) is 19.6 Å². The third-order valence-corrected chi connectivity index (χ3v) is 4.64. The highest BCUT2D eigenvalue weighted by molar-refractivity contribution is 5.88. The van der Waals surface area contributed by atoms with E-state index in [0.29, 0.717) is 24.3 Å². The summed E-state index contributed by atoms with van der Waals surface area (Å²) in [5.74, 6) is -0.734. The lowest BCUT2D eigenvalue weighted by Gasteiger charge is -2.30. The minimum absolute atomic E-state index is 0.204. The van der Waals surface area contributed by atoms with Crippen molar-refractivity contribution in [3.8, 4) is 0 Å². The molecule has 1 fully saturated rings. The van der Waals surface area contributed by atoms with Crippen LogP contribution in [-0.4, -0.2) is 30.2 Å². The predicted molar refractivity (Wildman–Crippen MR) is 87.0 cm³/mol. The fourth-order valence-corrected chi connectivity index (χ4v) is 3.09. The van der Waals surface area contributed by atoms with Crippen LogP contribution >= 0.6 is 0 Å². The number of amides is 1. The second-order valence-electron chi connectivity index (χ2n) is 6.07. The number of ether oxygens (including phenoxy) is 1. The van der Waals surface area contributed by atoms with Crippen molar-refractivity contribution in [3.05, 3.63) is 35.9 Å². The highest BCUT2D eigenvalue weighted by Crippen LogP contribution is 2.26. The SMILES string of the molecule is CCC(NC(=O)CCC1CCOCC1)(C(=O)O)c1ccccc1. The van der Waals surface area contributed by atoms with Crippen molar-refractivity contribution in [2.45, 2.75) is 44.6 Å².